The van der Waals surface area contributed by atoms with Crippen molar-refractivity contribution >= 4 is 17.8 Å². The van der Waals surface area contributed by atoms with Gasteiger partial charge in [0.1, 0.15) is 11.7 Å². The molecule has 0 aliphatic rings. The van der Waals surface area contributed by atoms with Gasteiger partial charge in [0.05, 0.1) is 5.97 Å². The number of carbonyl (C=O) groups excluding carboxylic acids is 3. The Bertz CT molecular complexity index is 454. The minimum atomic E-state index is -2.28. The average Bonchev–Trinajstić information content (AvgIpc) is 2.43. The third-order valence-corrected chi connectivity index (χ3v) is 3.59. The number of amides is 2. The van der Waals surface area contributed by atoms with E-state index in [4.69, 9.17) is 4.74 Å². The van der Waals surface area contributed by atoms with Gasteiger partial charge in [-0.15, -0.1) is 0 Å². The first-order valence-corrected chi connectivity index (χ1v) is 7.40. The third kappa shape index (κ3) is 6.42. The van der Waals surface area contributed by atoms with Gasteiger partial charge in [-0.2, -0.15) is 0 Å². The molecule has 0 saturated heterocycles. The predicted octanol–water partition coefficient (Wildman–Crippen LogP) is -3.46. The van der Waals surface area contributed by atoms with Crippen LogP contribution in [0.15, 0.2) is 0 Å². The first kappa shape index (κ1) is 25.1. The molecule has 0 rings (SSSR count). The molecule has 9 heteroatoms. The van der Waals surface area contributed by atoms with Gasteiger partial charge >= 0.3 is 18.9 Å². The molecule has 0 fully saturated rings. The van der Waals surface area contributed by atoms with Crippen molar-refractivity contribution in [2.45, 2.75) is 57.8 Å². The van der Waals surface area contributed by atoms with E-state index in [0.29, 0.717) is 6.42 Å². The van der Waals surface area contributed by atoms with Crippen LogP contribution in [-0.4, -0.2) is 49.3 Å². The maximum absolute atomic E-state index is 14.2. The van der Waals surface area contributed by atoms with Gasteiger partial charge in [-0.05, 0) is 32.6 Å². The fourth-order valence-electron chi connectivity index (χ4n) is 2.02. The quantitative estimate of drug-likeness (QED) is 0.335. The average molecular weight is 340 g/mol. The fourth-order valence-corrected chi connectivity index (χ4v) is 2.02. The van der Waals surface area contributed by atoms with Gasteiger partial charge in [0, 0.05) is 14.2 Å². The van der Waals surface area contributed by atoms with Crippen molar-refractivity contribution in [1.29, 1.82) is 0 Å². The molecule has 0 saturated carbocycles. The van der Waals surface area contributed by atoms with Crippen LogP contribution in [0.3, 0.4) is 0 Å². The van der Waals surface area contributed by atoms with Crippen molar-refractivity contribution in [1.82, 2.24) is 10.6 Å². The normalized spacial score (nSPS) is 15.0. The van der Waals surface area contributed by atoms with Gasteiger partial charge in [0.2, 0.25) is 5.91 Å². The monoisotopic (exact) mass is 340 g/mol. The molecule has 1 unspecified atom stereocenters. The Morgan fingerprint density at radius 3 is 2.04 bits per heavy atom. The van der Waals surface area contributed by atoms with E-state index in [-0.39, 0.29) is 31.2 Å². The molecule has 134 valence electrons. The number of nitrogens with one attached hydrogen (secondary N) is 2. The van der Waals surface area contributed by atoms with E-state index in [1.54, 1.807) is 0 Å². The summed E-state index contributed by atoms with van der Waals surface area (Å²) in [7, 11) is 2.35. The number of carboxylic acid groups (broad SMARTS) is 1. The minimum Gasteiger partial charge on any atom is -0.546 e. The number of hydrogen-bond donors (Lipinski definition) is 2. The molecule has 24 heavy (non-hydrogen) atoms. The Morgan fingerprint density at radius 1 is 1.25 bits per heavy atom. The summed E-state index contributed by atoms with van der Waals surface area (Å²) in [6.45, 7) is 5.92. The van der Waals surface area contributed by atoms with Crippen molar-refractivity contribution < 1.29 is 47.5 Å². The van der Waals surface area contributed by atoms with E-state index in [2.05, 4.69) is 10.6 Å². The topological polar surface area (TPSA) is 108 Å². The summed E-state index contributed by atoms with van der Waals surface area (Å²) in [6.07, 6.45) is 0.224. The Hall–Kier alpha value is -1.10. The largest absolute Gasteiger partial charge is 1.00 e. The number of methoxy groups -OCH3 is 1. The number of rotatable bonds is 9. The molecule has 0 aromatic carbocycles. The van der Waals surface area contributed by atoms with Gasteiger partial charge in [0.15, 0.2) is 5.60 Å². The fraction of sp³-hybridized carbons (Fsp3) is 0.800. The van der Waals surface area contributed by atoms with Gasteiger partial charge < -0.3 is 25.3 Å². The number of carbonyl (C=O) groups is 3. The maximum atomic E-state index is 14.2. The molecule has 7 nitrogen and oxygen atoms in total. The van der Waals surface area contributed by atoms with Crippen LogP contribution in [0.4, 0.5) is 4.39 Å². The molecule has 2 atom stereocenters. The summed E-state index contributed by atoms with van der Waals surface area (Å²) in [6, 6.07) is -1.56. The van der Waals surface area contributed by atoms with Gasteiger partial charge in [0.25, 0.3) is 5.91 Å². The van der Waals surface area contributed by atoms with Crippen LogP contribution in [-0.2, 0) is 19.1 Å². The maximum Gasteiger partial charge on any atom is 1.00 e. The van der Waals surface area contributed by atoms with Crippen molar-refractivity contribution in [2.24, 2.45) is 5.92 Å². The summed E-state index contributed by atoms with van der Waals surface area (Å²) >= 11 is 0. The van der Waals surface area contributed by atoms with E-state index < -0.39 is 35.1 Å². The van der Waals surface area contributed by atoms with Crippen LogP contribution in [0.2, 0.25) is 0 Å². The van der Waals surface area contributed by atoms with Crippen LogP contribution >= 0.6 is 0 Å². The van der Waals surface area contributed by atoms with Gasteiger partial charge in [-0.3, -0.25) is 9.59 Å². The van der Waals surface area contributed by atoms with E-state index in [1.165, 1.54) is 7.05 Å². The predicted molar refractivity (Wildman–Crippen MR) is 80.0 cm³/mol. The number of ether oxygens (including phenoxy) is 1. The first-order valence-electron chi connectivity index (χ1n) is 7.40. The molecular weight excluding hydrogens is 314 g/mol. The van der Waals surface area contributed by atoms with E-state index in [1.807, 2.05) is 13.8 Å². The molecule has 2 amide bonds. The second-order valence-corrected chi connectivity index (χ2v) is 6.34. The summed E-state index contributed by atoms with van der Waals surface area (Å²) in [5.74, 6) is -3.51. The Balaban J connectivity index is 0. The summed E-state index contributed by atoms with van der Waals surface area (Å²) in [4.78, 5) is 35.7. The number of alkyl halides is 1. The zero-order valence-electron chi connectivity index (χ0n) is 15.5. The van der Waals surface area contributed by atoms with Gasteiger partial charge in [-0.1, -0.05) is 13.8 Å². The van der Waals surface area contributed by atoms with Crippen molar-refractivity contribution in [2.75, 3.05) is 14.2 Å². The second-order valence-electron chi connectivity index (χ2n) is 6.34. The molecular formula is C15H26FLiN2O5. The number of carboxylic acids is 1. The molecule has 2 N–H and O–H groups in total. The zero-order chi connectivity index (χ0) is 18.4. The first-order chi connectivity index (χ1) is 10.4. The van der Waals surface area contributed by atoms with E-state index in [9.17, 15) is 23.9 Å². The zero-order valence-corrected chi connectivity index (χ0v) is 15.5. The summed E-state index contributed by atoms with van der Waals surface area (Å²) in [5.41, 5.74) is -4.37. The van der Waals surface area contributed by atoms with E-state index >= 15 is 0 Å². The summed E-state index contributed by atoms with van der Waals surface area (Å²) in [5, 5.41) is 15.8. The molecule has 0 radical (unpaired) electrons. The van der Waals surface area contributed by atoms with Crippen LogP contribution in [0.1, 0.15) is 40.5 Å². The Labute approximate surface area is 154 Å². The second kappa shape index (κ2) is 10.0. The molecule has 0 spiro atoms. The summed E-state index contributed by atoms with van der Waals surface area (Å²) < 4.78 is 19.1. The molecule has 0 aromatic heterocycles. The van der Waals surface area contributed by atoms with Gasteiger partial charge in [-0.25, -0.2) is 4.39 Å². The smallest absolute Gasteiger partial charge is 0.546 e. The van der Waals surface area contributed by atoms with Crippen molar-refractivity contribution in [3.05, 3.63) is 0 Å². The van der Waals surface area contributed by atoms with Crippen molar-refractivity contribution in [3.63, 3.8) is 0 Å². The Morgan fingerprint density at radius 2 is 1.75 bits per heavy atom. The molecule has 0 bridgehead atoms. The minimum absolute atomic E-state index is 0. The van der Waals surface area contributed by atoms with E-state index in [0.717, 1.165) is 21.0 Å². The number of halogens is 1. The van der Waals surface area contributed by atoms with Crippen molar-refractivity contribution in [3.8, 4) is 0 Å². The molecule has 0 aromatic rings. The van der Waals surface area contributed by atoms with Crippen LogP contribution in [0.25, 0.3) is 0 Å². The standard InChI is InChI=1S/C15H27FN2O5.Li/c1-9(2)7-8-15(23-6,13(21)22)12(20)18-10(11(19)17-5)14(3,4)16;/h9-10H,7-8H2,1-6H3,(H,17,19)(H,18,20)(H,21,22);/q;+1/p-1/t10?,15-;/m0./s1. The van der Waals surface area contributed by atoms with Crippen LogP contribution in [0.5, 0.6) is 0 Å². The number of likely N-dealkylation sites (N-methyl/N-ethyl adjacent to an activating group) is 1. The molecule has 0 aliphatic carbocycles. The van der Waals surface area contributed by atoms with Crippen LogP contribution < -0.4 is 34.6 Å². The third-order valence-electron chi connectivity index (χ3n) is 3.59. The molecule has 0 heterocycles. The number of hydrogen-bond acceptors (Lipinski definition) is 5. The SMILES string of the molecule is CNC(=O)C(NC(=O)[C@](CCC(C)C)(OC)C(=O)[O-])C(C)(C)F.[Li+]. The molecule has 0 aliphatic heterocycles. The van der Waals surface area contributed by atoms with Crippen LogP contribution in [0, 0.1) is 5.92 Å². The Kier molecular flexibility index (Phi) is 10.5. The number of aliphatic carboxylic acids is 1.